The molecule has 3 aromatic rings. The molecule has 0 unspecified atom stereocenters. The molecule has 3 rings (SSSR count). The molecule has 0 radical (unpaired) electrons. The van der Waals surface area contributed by atoms with Crippen LogP contribution in [0.2, 0.25) is 0 Å². The Labute approximate surface area is 141 Å². The Morgan fingerprint density at radius 2 is 2.17 bits per heavy atom. The zero-order valence-corrected chi connectivity index (χ0v) is 13.4. The average Bonchev–Trinajstić information content (AvgIpc) is 3.25. The van der Waals surface area contributed by atoms with Gasteiger partial charge in [0.2, 0.25) is 11.8 Å². The molecular weight excluding hydrogens is 329 g/mol. The predicted molar refractivity (Wildman–Crippen MR) is 89.8 cm³/mol. The normalized spacial score (nSPS) is 11.0. The Bertz CT molecular complexity index is 826. The smallest absolute Gasteiger partial charge is 0.244 e. The summed E-state index contributed by atoms with van der Waals surface area (Å²) in [6.45, 7) is 0.441. The fraction of sp³-hybridized carbons (Fsp3) is 0.118. The summed E-state index contributed by atoms with van der Waals surface area (Å²) in [4.78, 5) is 20.1. The fourth-order valence-corrected chi connectivity index (χ4v) is 2.51. The lowest BCUT2D eigenvalue weighted by Gasteiger charge is -1.99. The topological polar surface area (TPSA) is 68.0 Å². The van der Waals surface area contributed by atoms with Gasteiger partial charge in [0, 0.05) is 36.2 Å². The number of oxazole rings is 1. The van der Waals surface area contributed by atoms with Crippen LogP contribution >= 0.6 is 11.3 Å². The van der Waals surface area contributed by atoms with Crippen LogP contribution < -0.4 is 5.32 Å². The summed E-state index contributed by atoms with van der Waals surface area (Å²) in [6.07, 6.45) is 6.89. The van der Waals surface area contributed by atoms with Crippen LogP contribution in [0.5, 0.6) is 0 Å². The Morgan fingerprint density at radius 3 is 2.92 bits per heavy atom. The maximum absolute atomic E-state index is 12.9. The first-order valence-electron chi connectivity index (χ1n) is 7.26. The number of carbonyl (C=O) groups excluding carboxylic acids is 1. The molecule has 5 nitrogen and oxygen atoms in total. The zero-order valence-electron chi connectivity index (χ0n) is 12.6. The minimum Gasteiger partial charge on any atom is -0.444 e. The van der Waals surface area contributed by atoms with E-state index in [1.54, 1.807) is 24.4 Å². The van der Waals surface area contributed by atoms with Crippen molar-refractivity contribution >= 4 is 23.3 Å². The van der Waals surface area contributed by atoms with Crippen molar-refractivity contribution in [3.8, 4) is 11.5 Å². The van der Waals surface area contributed by atoms with Crippen molar-refractivity contribution in [2.75, 3.05) is 6.54 Å². The molecule has 24 heavy (non-hydrogen) atoms. The lowest BCUT2D eigenvalue weighted by molar-refractivity contribution is -0.116. The summed E-state index contributed by atoms with van der Waals surface area (Å²) in [5.41, 5.74) is 1.43. The molecule has 0 bridgehead atoms. The molecule has 0 aliphatic carbocycles. The van der Waals surface area contributed by atoms with E-state index in [-0.39, 0.29) is 11.7 Å². The summed E-state index contributed by atoms with van der Waals surface area (Å²) in [5.74, 6) is -0.0634. The number of aromatic nitrogens is 2. The highest BCUT2D eigenvalue weighted by Gasteiger charge is 2.07. The lowest BCUT2D eigenvalue weighted by atomic mass is 10.2. The maximum atomic E-state index is 12.9. The number of nitrogens with zero attached hydrogens (tertiary/aromatic N) is 2. The van der Waals surface area contributed by atoms with Gasteiger partial charge in [0.05, 0.1) is 5.69 Å². The van der Waals surface area contributed by atoms with E-state index in [1.807, 2.05) is 5.38 Å². The first-order valence-corrected chi connectivity index (χ1v) is 8.14. The number of amides is 1. The third-order valence-electron chi connectivity index (χ3n) is 3.15. The molecule has 7 heteroatoms. The van der Waals surface area contributed by atoms with Gasteiger partial charge in [-0.2, -0.15) is 0 Å². The van der Waals surface area contributed by atoms with Crippen molar-refractivity contribution in [1.82, 2.24) is 15.3 Å². The number of benzene rings is 1. The predicted octanol–water partition coefficient (Wildman–Crippen LogP) is 3.31. The molecule has 2 aromatic heterocycles. The second-order valence-electron chi connectivity index (χ2n) is 4.90. The highest BCUT2D eigenvalue weighted by molar-refractivity contribution is 7.10. The number of nitrogens with one attached hydrogen (secondary N) is 1. The van der Waals surface area contributed by atoms with Crippen LogP contribution in [0.15, 0.2) is 52.6 Å². The Balaban J connectivity index is 1.49. The molecule has 2 heterocycles. The minimum atomic E-state index is -0.306. The molecule has 122 valence electrons. The van der Waals surface area contributed by atoms with E-state index in [0.717, 1.165) is 10.7 Å². The number of hydrogen-bond donors (Lipinski definition) is 1. The van der Waals surface area contributed by atoms with Crippen molar-refractivity contribution in [1.29, 1.82) is 0 Å². The molecule has 1 aromatic carbocycles. The summed E-state index contributed by atoms with van der Waals surface area (Å²) < 4.78 is 18.3. The van der Waals surface area contributed by atoms with E-state index in [2.05, 4.69) is 15.3 Å². The van der Waals surface area contributed by atoms with Gasteiger partial charge in [-0.3, -0.25) is 4.79 Å². The van der Waals surface area contributed by atoms with Gasteiger partial charge >= 0.3 is 0 Å². The summed E-state index contributed by atoms with van der Waals surface area (Å²) in [6, 6.07) is 5.93. The van der Waals surface area contributed by atoms with Gasteiger partial charge < -0.3 is 9.73 Å². The Kier molecular flexibility index (Phi) is 5.12. The number of thiazole rings is 1. The van der Waals surface area contributed by atoms with Crippen LogP contribution in [-0.2, 0) is 11.2 Å². The molecule has 0 atom stereocenters. The van der Waals surface area contributed by atoms with E-state index < -0.39 is 0 Å². The standard InChI is InChI=1S/C17H14FN3O2S/c18-13-3-1-12(2-4-13)17-21-14(11-23-17)7-8-19-15(22)5-6-16-20-9-10-24-16/h1-6,9-11H,7-8H2,(H,19,22)/b6-5-. The van der Waals surface area contributed by atoms with Crippen molar-refractivity contribution in [3.05, 3.63) is 64.7 Å². The van der Waals surface area contributed by atoms with Crippen LogP contribution in [0.1, 0.15) is 10.7 Å². The summed E-state index contributed by atoms with van der Waals surface area (Å²) in [5, 5.41) is 5.40. The SMILES string of the molecule is O=C(/C=C\c1nccs1)NCCc1coc(-c2ccc(F)cc2)n1. The van der Waals surface area contributed by atoms with Crippen LogP contribution in [0.3, 0.4) is 0 Å². The highest BCUT2D eigenvalue weighted by Crippen LogP contribution is 2.18. The lowest BCUT2D eigenvalue weighted by Crippen LogP contribution is -2.23. The molecular formula is C17H14FN3O2S. The second kappa shape index (κ2) is 7.65. The maximum Gasteiger partial charge on any atom is 0.244 e. The second-order valence-corrected chi connectivity index (χ2v) is 5.82. The molecule has 0 fully saturated rings. The van der Waals surface area contributed by atoms with Gasteiger partial charge in [-0.1, -0.05) is 0 Å². The van der Waals surface area contributed by atoms with E-state index in [0.29, 0.717) is 24.4 Å². The molecule has 0 saturated carbocycles. The molecule has 0 saturated heterocycles. The van der Waals surface area contributed by atoms with E-state index in [9.17, 15) is 9.18 Å². The molecule has 0 aliphatic heterocycles. The van der Waals surface area contributed by atoms with Gasteiger partial charge in [0.15, 0.2) is 0 Å². The third kappa shape index (κ3) is 4.36. The van der Waals surface area contributed by atoms with Crippen LogP contribution in [0, 0.1) is 5.82 Å². The monoisotopic (exact) mass is 343 g/mol. The van der Waals surface area contributed by atoms with Crippen LogP contribution in [0.4, 0.5) is 4.39 Å². The summed E-state index contributed by atoms with van der Waals surface area (Å²) in [7, 11) is 0. The summed E-state index contributed by atoms with van der Waals surface area (Å²) >= 11 is 1.46. The third-order valence-corrected chi connectivity index (χ3v) is 3.89. The highest BCUT2D eigenvalue weighted by atomic mass is 32.1. The molecule has 1 N–H and O–H groups in total. The van der Waals surface area contributed by atoms with E-state index in [1.165, 1.54) is 35.8 Å². The fourth-order valence-electron chi connectivity index (χ4n) is 1.98. The van der Waals surface area contributed by atoms with Gasteiger partial charge in [0.1, 0.15) is 17.1 Å². The Morgan fingerprint density at radius 1 is 1.33 bits per heavy atom. The molecule has 0 spiro atoms. The van der Waals surface area contributed by atoms with E-state index in [4.69, 9.17) is 4.42 Å². The number of carbonyl (C=O) groups is 1. The van der Waals surface area contributed by atoms with Crippen molar-refractivity contribution in [3.63, 3.8) is 0 Å². The van der Waals surface area contributed by atoms with Crippen LogP contribution in [-0.4, -0.2) is 22.4 Å². The first kappa shape index (κ1) is 16.1. The van der Waals surface area contributed by atoms with Gasteiger partial charge in [-0.15, -0.1) is 11.3 Å². The van der Waals surface area contributed by atoms with Gasteiger partial charge in [-0.05, 0) is 30.3 Å². The number of rotatable bonds is 6. The van der Waals surface area contributed by atoms with Crippen molar-refractivity contribution in [2.24, 2.45) is 0 Å². The van der Waals surface area contributed by atoms with E-state index >= 15 is 0 Å². The van der Waals surface area contributed by atoms with Gasteiger partial charge in [-0.25, -0.2) is 14.4 Å². The first-order chi connectivity index (χ1) is 11.7. The Hall–Kier alpha value is -2.80. The quantitative estimate of drug-likeness (QED) is 0.697. The molecule has 1 amide bonds. The average molecular weight is 343 g/mol. The van der Waals surface area contributed by atoms with Crippen molar-refractivity contribution < 1.29 is 13.6 Å². The van der Waals surface area contributed by atoms with Crippen LogP contribution in [0.25, 0.3) is 17.5 Å². The number of hydrogen-bond acceptors (Lipinski definition) is 5. The molecule has 0 aliphatic rings. The minimum absolute atomic E-state index is 0.188. The number of halogens is 1. The van der Waals surface area contributed by atoms with Crippen molar-refractivity contribution in [2.45, 2.75) is 6.42 Å². The van der Waals surface area contributed by atoms with Gasteiger partial charge in [0.25, 0.3) is 0 Å². The zero-order chi connectivity index (χ0) is 16.8. The largest absolute Gasteiger partial charge is 0.444 e.